The van der Waals surface area contributed by atoms with Crippen LogP contribution in [-0.2, 0) is 29.0 Å². The number of nitrogens with zero attached hydrogens (tertiary/aromatic N) is 4. The summed E-state index contributed by atoms with van der Waals surface area (Å²) in [5, 5.41) is 3.48. The van der Waals surface area contributed by atoms with Crippen LogP contribution < -0.4 is 19.9 Å². The molecule has 1 aliphatic rings. The smallest absolute Gasteiger partial charge is 0.242 e. The van der Waals surface area contributed by atoms with E-state index >= 15 is 0 Å². The second-order valence-electron chi connectivity index (χ2n) is 10.3. The van der Waals surface area contributed by atoms with Crippen LogP contribution in [0.4, 0.5) is 11.4 Å². The molecule has 0 aliphatic carbocycles. The highest BCUT2D eigenvalue weighted by Gasteiger charge is 2.45. The summed E-state index contributed by atoms with van der Waals surface area (Å²) in [5.41, 5.74) is 3.85. The average Bonchev–Trinajstić information content (AvgIpc) is 3.01. The van der Waals surface area contributed by atoms with Crippen LogP contribution in [0.1, 0.15) is 50.9 Å². The summed E-state index contributed by atoms with van der Waals surface area (Å²) in [6, 6.07) is 13.9. The van der Waals surface area contributed by atoms with Crippen LogP contribution in [0.5, 0.6) is 5.75 Å². The molecule has 8 heteroatoms. The maximum atomic E-state index is 13.2. The molecule has 1 N–H and O–H groups in total. The van der Waals surface area contributed by atoms with Crippen molar-refractivity contribution in [3.05, 3.63) is 77.9 Å². The van der Waals surface area contributed by atoms with Gasteiger partial charge in [0.15, 0.2) is 0 Å². The lowest BCUT2D eigenvalue weighted by atomic mass is 9.90. The van der Waals surface area contributed by atoms with E-state index in [2.05, 4.69) is 27.4 Å². The number of carbonyl (C=O) groups excluding carboxylic acids is 2. The molecule has 3 heterocycles. The second-order valence-corrected chi connectivity index (χ2v) is 10.3. The third-order valence-electron chi connectivity index (χ3n) is 7.09. The molecule has 0 fully saturated rings. The van der Waals surface area contributed by atoms with Gasteiger partial charge in [-0.05, 0) is 95.0 Å². The lowest BCUT2D eigenvalue weighted by molar-refractivity contribution is -0.137. The highest BCUT2D eigenvalue weighted by Crippen LogP contribution is 2.40. The first-order valence-corrected chi connectivity index (χ1v) is 13.8. The Labute approximate surface area is 231 Å². The molecule has 0 radical (unpaired) electrons. The zero-order chi connectivity index (χ0) is 27.8. The topological polar surface area (TPSA) is 87.7 Å². The minimum Gasteiger partial charge on any atom is -0.493 e. The van der Waals surface area contributed by atoms with Crippen molar-refractivity contribution in [2.24, 2.45) is 5.41 Å². The van der Waals surface area contributed by atoms with Gasteiger partial charge in [-0.3, -0.25) is 19.6 Å². The third kappa shape index (κ3) is 6.63. The van der Waals surface area contributed by atoms with E-state index in [9.17, 15) is 9.59 Å². The van der Waals surface area contributed by atoms with Crippen molar-refractivity contribution in [1.82, 2.24) is 15.3 Å². The Morgan fingerprint density at radius 3 is 2.38 bits per heavy atom. The fourth-order valence-electron chi connectivity index (χ4n) is 4.86. The molecule has 0 bridgehead atoms. The number of hydrogen-bond acceptors (Lipinski definition) is 6. The molecule has 0 unspecified atom stereocenters. The molecule has 2 amide bonds. The number of ether oxygens (including phenoxy) is 1. The van der Waals surface area contributed by atoms with Gasteiger partial charge in [-0.1, -0.05) is 6.07 Å². The molecule has 2 aromatic heterocycles. The molecular formula is C31H39N5O3. The summed E-state index contributed by atoms with van der Waals surface area (Å²) in [5.74, 6) is 0.322. The minimum absolute atomic E-state index is 0.179. The number of rotatable bonds is 12. The average molecular weight is 530 g/mol. The van der Waals surface area contributed by atoms with E-state index in [4.69, 9.17) is 4.74 Å². The van der Waals surface area contributed by atoms with Gasteiger partial charge in [-0.2, -0.15) is 0 Å². The maximum Gasteiger partial charge on any atom is 0.242 e. The first-order valence-electron chi connectivity index (χ1n) is 13.8. The molecule has 8 nitrogen and oxygen atoms in total. The third-order valence-corrected chi connectivity index (χ3v) is 7.09. The lowest BCUT2D eigenvalue weighted by Crippen LogP contribution is -2.48. The number of carbonyl (C=O) groups is 2. The van der Waals surface area contributed by atoms with Gasteiger partial charge in [0.1, 0.15) is 11.2 Å². The Hall–Kier alpha value is -3.78. The van der Waals surface area contributed by atoms with Crippen molar-refractivity contribution in [1.29, 1.82) is 0 Å². The van der Waals surface area contributed by atoms with Crippen molar-refractivity contribution < 1.29 is 14.3 Å². The van der Waals surface area contributed by atoms with Crippen molar-refractivity contribution in [2.75, 3.05) is 36.0 Å². The standard InChI is InChI=1S/C31H39N5O3/c1-5-35-27-13-12-26(20-28(27)36(6-2)30(38)31(3,4)29(35)37)39-18-8-16-33-22-24-14-17-34-25(19-24)11-10-23-9-7-15-32-21-23/h7,9,12-15,17,19-21,33H,5-6,8,10-11,16,18,22H2,1-4H3. The predicted octanol–water partition coefficient (Wildman–Crippen LogP) is 4.57. The number of anilines is 2. The molecule has 0 spiro atoms. The molecule has 206 valence electrons. The fraction of sp³-hybridized carbons (Fsp3) is 0.419. The number of aryl methyl sites for hydroxylation is 2. The summed E-state index contributed by atoms with van der Waals surface area (Å²) in [6.07, 6.45) is 8.21. The number of benzene rings is 1. The van der Waals surface area contributed by atoms with Gasteiger partial charge in [0, 0.05) is 50.0 Å². The van der Waals surface area contributed by atoms with E-state index in [0.29, 0.717) is 25.4 Å². The van der Waals surface area contributed by atoms with Gasteiger partial charge in [-0.25, -0.2) is 0 Å². The van der Waals surface area contributed by atoms with E-state index in [1.165, 1.54) is 11.1 Å². The zero-order valence-electron chi connectivity index (χ0n) is 23.4. The summed E-state index contributed by atoms with van der Waals surface area (Å²) < 4.78 is 6.04. The van der Waals surface area contributed by atoms with Crippen LogP contribution in [0.25, 0.3) is 0 Å². The van der Waals surface area contributed by atoms with Crippen LogP contribution in [0, 0.1) is 5.41 Å². The summed E-state index contributed by atoms with van der Waals surface area (Å²) in [4.78, 5) is 38.4. The van der Waals surface area contributed by atoms with Gasteiger partial charge in [0.2, 0.25) is 11.8 Å². The van der Waals surface area contributed by atoms with Gasteiger partial charge < -0.3 is 19.9 Å². The van der Waals surface area contributed by atoms with E-state index in [0.717, 1.165) is 49.4 Å². The molecule has 0 saturated carbocycles. The lowest BCUT2D eigenvalue weighted by Gasteiger charge is -2.27. The molecule has 0 saturated heterocycles. The molecule has 3 aromatic rings. The maximum absolute atomic E-state index is 13.2. The Bertz CT molecular complexity index is 1280. The Balaban J connectivity index is 1.28. The van der Waals surface area contributed by atoms with Crippen LogP contribution in [0.3, 0.4) is 0 Å². The van der Waals surface area contributed by atoms with Crippen molar-refractivity contribution >= 4 is 23.2 Å². The number of fused-ring (bicyclic) bond motifs is 1. The van der Waals surface area contributed by atoms with Gasteiger partial charge in [0.05, 0.1) is 18.0 Å². The summed E-state index contributed by atoms with van der Waals surface area (Å²) >= 11 is 0. The monoisotopic (exact) mass is 529 g/mol. The van der Waals surface area contributed by atoms with Crippen molar-refractivity contribution in [2.45, 2.75) is 53.5 Å². The molecule has 1 aromatic carbocycles. The van der Waals surface area contributed by atoms with Crippen LogP contribution in [-0.4, -0.2) is 48.0 Å². The van der Waals surface area contributed by atoms with E-state index in [-0.39, 0.29) is 11.8 Å². The Kier molecular flexibility index (Phi) is 9.30. The number of nitrogens with one attached hydrogen (secondary N) is 1. The molecular weight excluding hydrogens is 490 g/mol. The van der Waals surface area contributed by atoms with Gasteiger partial charge in [-0.15, -0.1) is 0 Å². The highest BCUT2D eigenvalue weighted by molar-refractivity contribution is 6.20. The molecule has 39 heavy (non-hydrogen) atoms. The van der Waals surface area contributed by atoms with E-state index in [1.54, 1.807) is 29.8 Å². The normalized spacial score (nSPS) is 14.8. The number of amides is 2. The van der Waals surface area contributed by atoms with Crippen LogP contribution in [0.15, 0.2) is 61.1 Å². The Morgan fingerprint density at radius 2 is 1.67 bits per heavy atom. The minimum atomic E-state index is -1.12. The zero-order valence-corrected chi connectivity index (χ0v) is 23.4. The van der Waals surface area contributed by atoms with Gasteiger partial charge >= 0.3 is 0 Å². The SMILES string of the molecule is CCN1C(=O)C(C)(C)C(=O)N(CC)c2cc(OCCCNCc3ccnc(CCc4cccnc4)c3)ccc21. The molecule has 1 aliphatic heterocycles. The summed E-state index contributed by atoms with van der Waals surface area (Å²) in [6.45, 7) is 10.4. The first kappa shape index (κ1) is 28.2. The van der Waals surface area contributed by atoms with E-state index in [1.807, 2.05) is 56.6 Å². The number of hydrogen-bond donors (Lipinski definition) is 1. The fourth-order valence-corrected chi connectivity index (χ4v) is 4.86. The molecule has 4 rings (SSSR count). The van der Waals surface area contributed by atoms with Crippen molar-refractivity contribution in [3.8, 4) is 5.75 Å². The predicted molar refractivity (Wildman–Crippen MR) is 154 cm³/mol. The first-order chi connectivity index (χ1) is 18.8. The molecule has 0 atom stereocenters. The van der Waals surface area contributed by atoms with E-state index < -0.39 is 5.41 Å². The van der Waals surface area contributed by atoms with Crippen molar-refractivity contribution in [3.63, 3.8) is 0 Å². The number of pyridine rings is 2. The van der Waals surface area contributed by atoms with Crippen LogP contribution >= 0.6 is 0 Å². The van der Waals surface area contributed by atoms with Gasteiger partial charge in [0.25, 0.3) is 0 Å². The van der Waals surface area contributed by atoms with Crippen LogP contribution in [0.2, 0.25) is 0 Å². The highest BCUT2D eigenvalue weighted by atomic mass is 16.5. The Morgan fingerprint density at radius 1 is 0.897 bits per heavy atom. The second kappa shape index (κ2) is 12.8. The summed E-state index contributed by atoms with van der Waals surface area (Å²) in [7, 11) is 0. The quantitative estimate of drug-likeness (QED) is 0.273. The largest absolute Gasteiger partial charge is 0.493 e. The number of aromatic nitrogens is 2.